The minimum atomic E-state index is -0.458. The summed E-state index contributed by atoms with van der Waals surface area (Å²) < 4.78 is 10.8. The predicted molar refractivity (Wildman–Crippen MR) is 97.6 cm³/mol. The minimum Gasteiger partial charge on any atom is -0.465 e. The van der Waals surface area contributed by atoms with Crippen LogP contribution in [0, 0.1) is 22.7 Å². The van der Waals surface area contributed by atoms with E-state index in [9.17, 15) is 9.59 Å². The molecular weight excluding hydrogens is 304 g/mol. The number of rotatable bonds is 9. The normalized spacial score (nSPS) is 14.8. The topological polar surface area (TPSA) is 52.6 Å². The summed E-state index contributed by atoms with van der Waals surface area (Å²) in [5.74, 6) is -1.45. The van der Waals surface area contributed by atoms with Crippen molar-refractivity contribution in [3.8, 4) is 0 Å². The van der Waals surface area contributed by atoms with Crippen LogP contribution in [0.3, 0.4) is 0 Å². The van der Waals surface area contributed by atoms with Crippen molar-refractivity contribution in [3.05, 3.63) is 0 Å². The van der Waals surface area contributed by atoms with Crippen LogP contribution in [0.25, 0.3) is 0 Å². The molecule has 142 valence electrons. The van der Waals surface area contributed by atoms with E-state index in [1.165, 1.54) is 0 Å². The first-order chi connectivity index (χ1) is 10.9. The number of carbonyl (C=O) groups excluding carboxylic acids is 2. The van der Waals surface area contributed by atoms with Gasteiger partial charge in [-0.15, -0.1) is 0 Å². The number of hydrogen-bond donors (Lipinski definition) is 0. The molecule has 0 aromatic heterocycles. The molecule has 0 heterocycles. The standard InChI is InChI=1S/C20H38O4/c1-9-11-23-17(21)15(13-19(3,4)5)16(14-20(6,7)8)18(22)24-12-10-2/h15-16H,9-14H2,1-8H3. The Bertz CT molecular complexity index is 349. The van der Waals surface area contributed by atoms with Crippen LogP contribution in [0.15, 0.2) is 0 Å². The molecule has 0 aliphatic carbocycles. The molecule has 0 rings (SSSR count). The third-order valence-corrected chi connectivity index (χ3v) is 3.65. The zero-order valence-corrected chi connectivity index (χ0v) is 17.0. The zero-order chi connectivity index (χ0) is 19.0. The van der Waals surface area contributed by atoms with Crippen molar-refractivity contribution >= 4 is 11.9 Å². The average molecular weight is 343 g/mol. The maximum absolute atomic E-state index is 12.7. The van der Waals surface area contributed by atoms with E-state index in [0.29, 0.717) is 26.1 Å². The molecule has 0 bridgehead atoms. The van der Waals surface area contributed by atoms with Crippen LogP contribution < -0.4 is 0 Å². The van der Waals surface area contributed by atoms with Crippen molar-refractivity contribution in [1.29, 1.82) is 0 Å². The van der Waals surface area contributed by atoms with Gasteiger partial charge in [0.2, 0.25) is 0 Å². The summed E-state index contributed by atoms with van der Waals surface area (Å²) in [7, 11) is 0. The molecular formula is C20H38O4. The molecule has 4 nitrogen and oxygen atoms in total. The van der Waals surface area contributed by atoms with Crippen molar-refractivity contribution in [3.63, 3.8) is 0 Å². The van der Waals surface area contributed by atoms with Crippen molar-refractivity contribution in [2.75, 3.05) is 13.2 Å². The lowest BCUT2D eigenvalue weighted by Crippen LogP contribution is -2.37. The van der Waals surface area contributed by atoms with Crippen LogP contribution in [0.4, 0.5) is 0 Å². The van der Waals surface area contributed by atoms with Gasteiger partial charge in [0.25, 0.3) is 0 Å². The van der Waals surface area contributed by atoms with Gasteiger partial charge >= 0.3 is 11.9 Å². The maximum atomic E-state index is 12.7. The number of carbonyl (C=O) groups is 2. The lowest BCUT2D eigenvalue weighted by molar-refractivity contribution is -0.163. The molecule has 0 aromatic rings. The van der Waals surface area contributed by atoms with E-state index in [4.69, 9.17) is 9.47 Å². The van der Waals surface area contributed by atoms with Crippen LogP contribution in [0.2, 0.25) is 0 Å². The highest BCUT2D eigenvalue weighted by atomic mass is 16.5. The van der Waals surface area contributed by atoms with Gasteiger partial charge in [0.1, 0.15) is 0 Å². The Hall–Kier alpha value is -1.06. The molecule has 0 fully saturated rings. The van der Waals surface area contributed by atoms with Gasteiger partial charge in [-0.05, 0) is 36.5 Å². The highest BCUT2D eigenvalue weighted by Gasteiger charge is 2.40. The maximum Gasteiger partial charge on any atom is 0.309 e. The number of esters is 2. The van der Waals surface area contributed by atoms with E-state index < -0.39 is 11.8 Å². The van der Waals surface area contributed by atoms with Crippen LogP contribution >= 0.6 is 0 Å². The molecule has 0 aliphatic rings. The van der Waals surface area contributed by atoms with Crippen molar-refractivity contribution < 1.29 is 19.1 Å². The lowest BCUT2D eigenvalue weighted by Gasteiger charge is -2.33. The highest BCUT2D eigenvalue weighted by Crippen LogP contribution is 2.37. The monoisotopic (exact) mass is 342 g/mol. The zero-order valence-electron chi connectivity index (χ0n) is 17.0. The molecule has 0 aromatic carbocycles. The van der Waals surface area contributed by atoms with E-state index in [-0.39, 0.29) is 22.8 Å². The fraction of sp³-hybridized carbons (Fsp3) is 0.900. The van der Waals surface area contributed by atoms with Crippen molar-refractivity contribution in [1.82, 2.24) is 0 Å². The minimum absolute atomic E-state index is 0.0723. The Morgan fingerprint density at radius 2 is 1.00 bits per heavy atom. The first-order valence-electron chi connectivity index (χ1n) is 9.24. The summed E-state index contributed by atoms with van der Waals surface area (Å²) >= 11 is 0. The van der Waals surface area contributed by atoms with Gasteiger partial charge in [0.05, 0.1) is 25.0 Å². The molecule has 2 unspecified atom stereocenters. The van der Waals surface area contributed by atoms with Gasteiger partial charge in [-0.25, -0.2) is 0 Å². The van der Waals surface area contributed by atoms with E-state index in [0.717, 1.165) is 12.8 Å². The fourth-order valence-electron chi connectivity index (χ4n) is 2.72. The summed E-state index contributed by atoms with van der Waals surface area (Å²) in [6, 6.07) is 0. The Balaban J connectivity index is 5.50. The fourth-order valence-corrected chi connectivity index (χ4v) is 2.72. The molecule has 0 aliphatic heterocycles. The molecule has 0 radical (unpaired) electrons. The van der Waals surface area contributed by atoms with Crippen LogP contribution in [0.5, 0.6) is 0 Å². The second-order valence-electron chi connectivity index (χ2n) is 9.08. The Morgan fingerprint density at radius 3 is 1.21 bits per heavy atom. The van der Waals surface area contributed by atoms with Crippen molar-refractivity contribution in [2.24, 2.45) is 22.7 Å². The quantitative estimate of drug-likeness (QED) is 0.553. The van der Waals surface area contributed by atoms with Gasteiger partial charge in [-0.1, -0.05) is 55.4 Å². The molecule has 0 spiro atoms. The SMILES string of the molecule is CCCOC(=O)C(CC(C)(C)C)C(CC(C)(C)C)C(=O)OCCC. The molecule has 24 heavy (non-hydrogen) atoms. The molecule has 0 saturated carbocycles. The average Bonchev–Trinajstić information content (AvgIpc) is 2.43. The summed E-state index contributed by atoms with van der Waals surface area (Å²) in [5.41, 5.74) is -0.145. The first-order valence-corrected chi connectivity index (χ1v) is 9.24. The van der Waals surface area contributed by atoms with Gasteiger partial charge in [0, 0.05) is 0 Å². The lowest BCUT2D eigenvalue weighted by atomic mass is 9.73. The smallest absolute Gasteiger partial charge is 0.309 e. The third-order valence-electron chi connectivity index (χ3n) is 3.65. The van der Waals surface area contributed by atoms with E-state index in [1.807, 2.05) is 13.8 Å². The van der Waals surface area contributed by atoms with Crippen LogP contribution in [0.1, 0.15) is 81.1 Å². The van der Waals surface area contributed by atoms with Gasteiger partial charge in [-0.2, -0.15) is 0 Å². The molecule has 2 atom stereocenters. The van der Waals surface area contributed by atoms with Crippen LogP contribution in [-0.4, -0.2) is 25.2 Å². The summed E-state index contributed by atoms with van der Waals surface area (Å²) in [5, 5.41) is 0. The molecule has 0 amide bonds. The Labute approximate surface area is 148 Å². The number of hydrogen-bond acceptors (Lipinski definition) is 4. The van der Waals surface area contributed by atoms with Gasteiger partial charge in [0.15, 0.2) is 0 Å². The van der Waals surface area contributed by atoms with E-state index in [2.05, 4.69) is 41.5 Å². The molecule has 0 N–H and O–H groups in total. The van der Waals surface area contributed by atoms with E-state index in [1.54, 1.807) is 0 Å². The van der Waals surface area contributed by atoms with Crippen LogP contribution in [-0.2, 0) is 19.1 Å². The largest absolute Gasteiger partial charge is 0.465 e. The third kappa shape index (κ3) is 9.94. The van der Waals surface area contributed by atoms with E-state index >= 15 is 0 Å². The summed E-state index contributed by atoms with van der Waals surface area (Å²) in [6.07, 6.45) is 2.77. The first kappa shape index (κ1) is 22.9. The van der Waals surface area contributed by atoms with Crippen molar-refractivity contribution in [2.45, 2.75) is 81.1 Å². The highest BCUT2D eigenvalue weighted by molar-refractivity contribution is 5.82. The predicted octanol–water partition coefficient (Wildman–Crippen LogP) is 5.00. The summed E-state index contributed by atoms with van der Waals surface area (Å²) in [4.78, 5) is 25.3. The molecule has 4 heteroatoms. The molecule has 0 saturated heterocycles. The Morgan fingerprint density at radius 1 is 0.708 bits per heavy atom. The van der Waals surface area contributed by atoms with Gasteiger partial charge in [-0.3, -0.25) is 9.59 Å². The number of ether oxygens (including phenoxy) is 2. The second kappa shape index (κ2) is 10.0. The second-order valence-corrected chi connectivity index (χ2v) is 9.08. The van der Waals surface area contributed by atoms with Gasteiger partial charge < -0.3 is 9.47 Å². The summed E-state index contributed by atoms with van der Waals surface area (Å²) in [6.45, 7) is 17.2. The Kier molecular flexibility index (Phi) is 9.61.